The van der Waals surface area contributed by atoms with Crippen LogP contribution in [0, 0.1) is 5.92 Å². The van der Waals surface area contributed by atoms with Gasteiger partial charge in [-0.15, -0.1) is 0 Å². The first-order valence-corrected chi connectivity index (χ1v) is 6.98. The van der Waals surface area contributed by atoms with Crippen molar-refractivity contribution in [2.24, 2.45) is 5.92 Å². The van der Waals surface area contributed by atoms with Crippen LogP contribution in [0.3, 0.4) is 0 Å². The van der Waals surface area contributed by atoms with Crippen LogP contribution in [-0.2, 0) is 9.53 Å². The molecule has 0 radical (unpaired) electrons. The molecular weight excluding hydrogens is 270 g/mol. The summed E-state index contributed by atoms with van der Waals surface area (Å²) in [4.78, 5) is 25.5. The van der Waals surface area contributed by atoms with E-state index in [0.717, 1.165) is 12.8 Å². The molecule has 0 bridgehead atoms. The van der Waals surface area contributed by atoms with Crippen molar-refractivity contribution < 1.29 is 14.3 Å². The fraction of sp³-hybridized carbons (Fsp3) is 0.467. The van der Waals surface area contributed by atoms with Gasteiger partial charge in [-0.3, -0.25) is 4.79 Å². The first kappa shape index (κ1) is 15.2. The number of anilines is 2. The summed E-state index contributed by atoms with van der Waals surface area (Å²) in [6.07, 6.45) is 2.32. The molecule has 0 aliphatic heterocycles. The van der Waals surface area contributed by atoms with Gasteiger partial charge in [0.05, 0.1) is 11.3 Å². The highest BCUT2D eigenvalue weighted by Crippen LogP contribution is 2.27. The van der Waals surface area contributed by atoms with Gasteiger partial charge >= 0.3 is 5.97 Å². The summed E-state index contributed by atoms with van der Waals surface area (Å²) in [6, 6.07) is 5.02. The molecule has 1 aliphatic rings. The summed E-state index contributed by atoms with van der Waals surface area (Å²) in [6.45, 7) is 0.394. The lowest BCUT2D eigenvalue weighted by molar-refractivity contribution is -0.124. The lowest BCUT2D eigenvalue weighted by Crippen LogP contribution is -2.30. The standard InChI is InChI=1S/C15H21N3O3/c1-18(2)13-6-5-11(16)7-12(13)15(20)21-9-14(19)17-8-10-3-4-10/h5-7,10H,3-4,8-9,16H2,1-2H3,(H,17,19). The molecule has 0 heterocycles. The molecule has 3 N–H and O–H groups in total. The minimum absolute atomic E-state index is 0.271. The van der Waals surface area contributed by atoms with Gasteiger partial charge < -0.3 is 20.7 Å². The number of ether oxygens (including phenoxy) is 1. The van der Waals surface area contributed by atoms with Crippen LogP contribution in [-0.4, -0.2) is 39.1 Å². The Hall–Kier alpha value is -2.24. The van der Waals surface area contributed by atoms with Crippen molar-refractivity contribution in [3.63, 3.8) is 0 Å². The quantitative estimate of drug-likeness (QED) is 0.604. The smallest absolute Gasteiger partial charge is 0.340 e. The SMILES string of the molecule is CN(C)c1ccc(N)cc1C(=O)OCC(=O)NCC1CC1. The van der Waals surface area contributed by atoms with E-state index in [9.17, 15) is 9.59 Å². The number of hydrogen-bond donors (Lipinski definition) is 2. The molecule has 1 fully saturated rings. The van der Waals surface area contributed by atoms with E-state index in [4.69, 9.17) is 10.5 Å². The Labute approximate surface area is 124 Å². The summed E-state index contributed by atoms with van der Waals surface area (Å²) in [5, 5.41) is 2.75. The average Bonchev–Trinajstić information content (AvgIpc) is 3.26. The van der Waals surface area contributed by atoms with Gasteiger partial charge in [0.15, 0.2) is 6.61 Å². The number of esters is 1. The molecule has 1 aromatic carbocycles. The Morgan fingerprint density at radius 3 is 2.71 bits per heavy atom. The maximum Gasteiger partial charge on any atom is 0.340 e. The molecule has 1 aromatic rings. The summed E-state index contributed by atoms with van der Waals surface area (Å²) in [5.41, 5.74) is 7.24. The monoisotopic (exact) mass is 291 g/mol. The van der Waals surface area contributed by atoms with Crippen molar-refractivity contribution in [1.29, 1.82) is 0 Å². The molecule has 0 unspecified atom stereocenters. The topological polar surface area (TPSA) is 84.7 Å². The zero-order chi connectivity index (χ0) is 15.4. The van der Waals surface area contributed by atoms with Crippen LogP contribution < -0.4 is 16.0 Å². The largest absolute Gasteiger partial charge is 0.452 e. The zero-order valence-corrected chi connectivity index (χ0v) is 12.4. The molecule has 1 amide bonds. The van der Waals surface area contributed by atoms with Gasteiger partial charge in [-0.25, -0.2) is 4.79 Å². The Kier molecular flexibility index (Phi) is 4.67. The molecule has 114 valence electrons. The van der Waals surface area contributed by atoms with E-state index in [1.165, 1.54) is 0 Å². The molecule has 0 saturated heterocycles. The van der Waals surface area contributed by atoms with Gasteiger partial charge in [0.2, 0.25) is 0 Å². The summed E-state index contributed by atoms with van der Waals surface area (Å²) >= 11 is 0. The van der Waals surface area contributed by atoms with E-state index < -0.39 is 5.97 Å². The molecule has 0 atom stereocenters. The van der Waals surface area contributed by atoms with Crippen LogP contribution in [0.5, 0.6) is 0 Å². The number of hydrogen-bond acceptors (Lipinski definition) is 5. The molecule has 6 nitrogen and oxygen atoms in total. The maximum absolute atomic E-state index is 12.1. The maximum atomic E-state index is 12.1. The number of nitrogens with two attached hydrogens (primary N) is 1. The van der Waals surface area contributed by atoms with E-state index in [-0.39, 0.29) is 12.5 Å². The van der Waals surface area contributed by atoms with Gasteiger partial charge in [0.25, 0.3) is 5.91 Å². The summed E-state index contributed by atoms with van der Waals surface area (Å²) in [7, 11) is 3.65. The van der Waals surface area contributed by atoms with E-state index >= 15 is 0 Å². The highest BCUT2D eigenvalue weighted by molar-refractivity contribution is 5.97. The number of carbonyl (C=O) groups excluding carboxylic acids is 2. The van der Waals surface area contributed by atoms with Crippen LogP contribution >= 0.6 is 0 Å². The van der Waals surface area contributed by atoms with E-state index in [2.05, 4.69) is 5.32 Å². The van der Waals surface area contributed by atoms with Crippen molar-refractivity contribution in [2.75, 3.05) is 37.9 Å². The first-order chi connectivity index (χ1) is 9.97. The number of nitrogen functional groups attached to an aromatic ring is 1. The van der Waals surface area contributed by atoms with E-state index in [1.54, 1.807) is 23.1 Å². The zero-order valence-electron chi connectivity index (χ0n) is 12.4. The van der Waals surface area contributed by atoms with Gasteiger partial charge in [0.1, 0.15) is 0 Å². The van der Waals surface area contributed by atoms with Crippen molar-refractivity contribution in [3.8, 4) is 0 Å². The number of rotatable bonds is 6. The normalized spacial score (nSPS) is 13.6. The predicted molar refractivity (Wildman–Crippen MR) is 81.2 cm³/mol. The Bertz CT molecular complexity index is 539. The average molecular weight is 291 g/mol. The van der Waals surface area contributed by atoms with Gasteiger partial charge in [-0.2, -0.15) is 0 Å². The van der Waals surface area contributed by atoms with Gasteiger partial charge in [0, 0.05) is 26.3 Å². The lowest BCUT2D eigenvalue weighted by Gasteiger charge is -2.17. The number of benzene rings is 1. The molecule has 6 heteroatoms. The Morgan fingerprint density at radius 1 is 1.38 bits per heavy atom. The minimum Gasteiger partial charge on any atom is -0.452 e. The van der Waals surface area contributed by atoms with Crippen molar-refractivity contribution in [1.82, 2.24) is 5.32 Å². The molecule has 2 rings (SSSR count). The molecule has 0 spiro atoms. The molecule has 21 heavy (non-hydrogen) atoms. The number of carbonyl (C=O) groups is 2. The second-order valence-corrected chi connectivity index (χ2v) is 5.49. The van der Waals surface area contributed by atoms with Crippen LogP contribution in [0.4, 0.5) is 11.4 Å². The highest BCUT2D eigenvalue weighted by atomic mass is 16.5. The third-order valence-corrected chi connectivity index (χ3v) is 3.34. The fourth-order valence-corrected chi connectivity index (χ4v) is 1.95. The van der Waals surface area contributed by atoms with Crippen molar-refractivity contribution in [3.05, 3.63) is 23.8 Å². The van der Waals surface area contributed by atoms with Crippen LogP contribution in [0.1, 0.15) is 23.2 Å². The lowest BCUT2D eigenvalue weighted by atomic mass is 10.1. The van der Waals surface area contributed by atoms with Gasteiger partial charge in [-0.05, 0) is 37.0 Å². The molecular formula is C15H21N3O3. The third kappa shape index (κ3) is 4.37. The predicted octanol–water partition coefficient (Wildman–Crippen LogP) is 1.02. The molecule has 1 aliphatic carbocycles. The third-order valence-electron chi connectivity index (χ3n) is 3.34. The number of amides is 1. The van der Waals surface area contributed by atoms with Crippen LogP contribution in [0.25, 0.3) is 0 Å². The molecule has 0 aromatic heterocycles. The minimum atomic E-state index is -0.549. The van der Waals surface area contributed by atoms with Crippen molar-refractivity contribution >= 4 is 23.3 Å². The summed E-state index contributed by atoms with van der Waals surface area (Å²) < 4.78 is 5.06. The van der Waals surface area contributed by atoms with Crippen molar-refractivity contribution in [2.45, 2.75) is 12.8 Å². The number of nitrogens with one attached hydrogen (secondary N) is 1. The van der Waals surface area contributed by atoms with Crippen LogP contribution in [0.2, 0.25) is 0 Å². The second kappa shape index (κ2) is 6.47. The molecule has 1 saturated carbocycles. The van der Waals surface area contributed by atoms with Crippen LogP contribution in [0.15, 0.2) is 18.2 Å². The second-order valence-electron chi connectivity index (χ2n) is 5.49. The number of nitrogens with zero attached hydrogens (tertiary/aromatic N) is 1. The summed E-state index contributed by atoms with van der Waals surface area (Å²) in [5.74, 6) is -0.225. The van der Waals surface area contributed by atoms with E-state index in [1.807, 2.05) is 14.1 Å². The first-order valence-electron chi connectivity index (χ1n) is 6.98. The fourth-order valence-electron chi connectivity index (χ4n) is 1.95. The Balaban J connectivity index is 1.92. The van der Waals surface area contributed by atoms with Gasteiger partial charge in [-0.1, -0.05) is 0 Å². The van der Waals surface area contributed by atoms with E-state index in [0.29, 0.717) is 29.4 Å². The Morgan fingerprint density at radius 2 is 2.10 bits per heavy atom. The highest BCUT2D eigenvalue weighted by Gasteiger charge is 2.22.